The van der Waals surface area contributed by atoms with Crippen molar-refractivity contribution < 1.29 is 14.7 Å². The first-order valence-corrected chi connectivity index (χ1v) is 6.34. The number of aromatic amines is 1. The third kappa shape index (κ3) is 4.58. The summed E-state index contributed by atoms with van der Waals surface area (Å²) in [6.45, 7) is 1.99. The Balaban J connectivity index is 2.40. The van der Waals surface area contributed by atoms with Crippen molar-refractivity contribution in [2.24, 2.45) is 0 Å². The molecular weight excluding hydrogens is 258 g/mol. The van der Waals surface area contributed by atoms with Gasteiger partial charge in [0.05, 0.1) is 6.54 Å². The van der Waals surface area contributed by atoms with Gasteiger partial charge in [0.15, 0.2) is 0 Å². The predicted octanol–water partition coefficient (Wildman–Crippen LogP) is 0.489. The molecule has 1 aromatic heterocycles. The maximum absolute atomic E-state index is 11.4. The summed E-state index contributed by atoms with van der Waals surface area (Å²) in [5, 5.41) is 15.3. The number of carboxylic acid groups (broad SMARTS) is 1. The zero-order valence-corrected chi connectivity index (χ0v) is 10.7. The Morgan fingerprint density at radius 2 is 2.28 bits per heavy atom. The van der Waals surface area contributed by atoms with E-state index in [2.05, 4.69) is 15.6 Å². The van der Waals surface area contributed by atoms with Gasteiger partial charge in [-0.15, -0.1) is 0 Å². The van der Waals surface area contributed by atoms with E-state index in [0.717, 1.165) is 11.3 Å². The van der Waals surface area contributed by atoms with E-state index >= 15 is 0 Å². The smallest absolute Gasteiger partial charge is 0.326 e. The highest BCUT2D eigenvalue weighted by Gasteiger charge is 2.18. The Morgan fingerprint density at radius 1 is 1.56 bits per heavy atom. The summed E-state index contributed by atoms with van der Waals surface area (Å²) in [4.78, 5) is 35.4. The van der Waals surface area contributed by atoms with Gasteiger partial charge in [-0.25, -0.2) is 9.59 Å². The molecule has 0 radical (unpaired) electrons. The molecule has 7 nitrogen and oxygen atoms in total. The van der Waals surface area contributed by atoms with Crippen LogP contribution >= 0.6 is 11.3 Å². The quantitative estimate of drug-likeness (QED) is 0.604. The highest BCUT2D eigenvalue weighted by molar-refractivity contribution is 7.07. The average Bonchev–Trinajstić information content (AvgIpc) is 2.72. The number of carbonyl (C=O) groups is 2. The molecule has 4 N–H and O–H groups in total. The van der Waals surface area contributed by atoms with Crippen LogP contribution in [0, 0.1) is 0 Å². The molecule has 0 saturated heterocycles. The second-order valence-corrected chi connectivity index (χ2v) is 4.52. The van der Waals surface area contributed by atoms with E-state index in [9.17, 15) is 14.4 Å². The minimum Gasteiger partial charge on any atom is -0.480 e. The normalized spacial score (nSPS) is 11.8. The Morgan fingerprint density at radius 3 is 2.78 bits per heavy atom. The fourth-order valence-electron chi connectivity index (χ4n) is 1.33. The van der Waals surface area contributed by atoms with Crippen molar-refractivity contribution in [3.05, 3.63) is 20.7 Å². The standard InChI is InChI=1S/C10H15N3O4S/c1-2-3-7(8(14)15)13-9(16)11-4-6-5-18-10(17)12-6/h5,7H,2-4H2,1H3,(H,12,17)(H,14,15)(H2,11,13,16)/t7-/m0/s1. The van der Waals surface area contributed by atoms with Crippen molar-refractivity contribution in [3.8, 4) is 0 Å². The molecule has 1 heterocycles. The number of amides is 2. The minimum atomic E-state index is -1.06. The number of thiazole rings is 1. The summed E-state index contributed by atoms with van der Waals surface area (Å²) in [5.41, 5.74) is 0.586. The van der Waals surface area contributed by atoms with Crippen LogP contribution in [0.5, 0.6) is 0 Å². The molecule has 0 bridgehead atoms. The van der Waals surface area contributed by atoms with E-state index in [-0.39, 0.29) is 11.4 Å². The first kappa shape index (κ1) is 14.2. The average molecular weight is 273 g/mol. The van der Waals surface area contributed by atoms with Gasteiger partial charge in [0.2, 0.25) is 0 Å². The van der Waals surface area contributed by atoms with Gasteiger partial charge < -0.3 is 20.7 Å². The Bertz CT molecular complexity index is 468. The van der Waals surface area contributed by atoms with Gasteiger partial charge in [-0.2, -0.15) is 0 Å². The lowest BCUT2D eigenvalue weighted by molar-refractivity contribution is -0.139. The number of aromatic nitrogens is 1. The van der Waals surface area contributed by atoms with E-state index in [1.807, 2.05) is 6.92 Å². The lowest BCUT2D eigenvalue weighted by atomic mass is 10.2. The second-order valence-electron chi connectivity index (χ2n) is 3.68. The predicted molar refractivity (Wildman–Crippen MR) is 66.6 cm³/mol. The highest BCUT2D eigenvalue weighted by atomic mass is 32.1. The van der Waals surface area contributed by atoms with Crippen molar-refractivity contribution in [2.75, 3.05) is 0 Å². The van der Waals surface area contributed by atoms with E-state index in [4.69, 9.17) is 5.11 Å². The maximum Gasteiger partial charge on any atom is 0.326 e. The fourth-order valence-corrected chi connectivity index (χ4v) is 1.91. The van der Waals surface area contributed by atoms with Crippen molar-refractivity contribution in [1.82, 2.24) is 15.6 Å². The van der Waals surface area contributed by atoms with Crippen LogP contribution in [-0.2, 0) is 11.3 Å². The van der Waals surface area contributed by atoms with Crippen LogP contribution < -0.4 is 15.5 Å². The zero-order valence-electron chi connectivity index (χ0n) is 9.86. The number of carbonyl (C=O) groups excluding carboxylic acids is 1. The fraction of sp³-hybridized carbons (Fsp3) is 0.500. The summed E-state index contributed by atoms with van der Waals surface area (Å²) in [6.07, 6.45) is 1.03. The molecule has 100 valence electrons. The van der Waals surface area contributed by atoms with Crippen LogP contribution in [0.15, 0.2) is 10.2 Å². The van der Waals surface area contributed by atoms with E-state index in [1.54, 1.807) is 5.38 Å². The minimum absolute atomic E-state index is 0.156. The third-order valence-electron chi connectivity index (χ3n) is 2.19. The van der Waals surface area contributed by atoms with Gasteiger partial charge in [0.25, 0.3) is 0 Å². The van der Waals surface area contributed by atoms with Crippen LogP contribution in [0.3, 0.4) is 0 Å². The van der Waals surface area contributed by atoms with Gasteiger partial charge in [-0.1, -0.05) is 24.7 Å². The van der Waals surface area contributed by atoms with E-state index in [0.29, 0.717) is 18.5 Å². The van der Waals surface area contributed by atoms with Crippen molar-refractivity contribution in [2.45, 2.75) is 32.4 Å². The first-order valence-electron chi connectivity index (χ1n) is 5.46. The Hall–Kier alpha value is -1.83. The molecular formula is C10H15N3O4S. The number of aliphatic carboxylic acids is 1. The molecule has 0 aliphatic carbocycles. The Kier molecular flexibility index (Phi) is 5.37. The van der Waals surface area contributed by atoms with Crippen LogP contribution in [0.1, 0.15) is 25.5 Å². The molecule has 0 aromatic carbocycles. The zero-order chi connectivity index (χ0) is 13.5. The Labute approximate surface area is 107 Å². The van der Waals surface area contributed by atoms with Gasteiger partial charge in [0.1, 0.15) is 6.04 Å². The molecule has 0 spiro atoms. The number of H-pyrrole nitrogens is 1. The highest BCUT2D eigenvalue weighted by Crippen LogP contribution is 1.97. The number of rotatable bonds is 6. The number of urea groups is 1. The maximum atomic E-state index is 11.4. The third-order valence-corrected chi connectivity index (χ3v) is 2.91. The molecule has 0 fully saturated rings. The molecule has 1 atom stereocenters. The molecule has 18 heavy (non-hydrogen) atoms. The van der Waals surface area contributed by atoms with E-state index < -0.39 is 18.0 Å². The molecule has 0 aliphatic rings. The number of hydrogen-bond donors (Lipinski definition) is 4. The van der Waals surface area contributed by atoms with Gasteiger partial charge in [-0.05, 0) is 6.42 Å². The SMILES string of the molecule is CCC[C@H](NC(=O)NCc1csc(=O)[nH]1)C(=O)O. The van der Waals surface area contributed by atoms with Crippen molar-refractivity contribution in [3.63, 3.8) is 0 Å². The van der Waals surface area contributed by atoms with Gasteiger partial charge in [0, 0.05) is 11.1 Å². The molecule has 0 saturated carbocycles. The molecule has 0 unspecified atom stereocenters. The summed E-state index contributed by atoms with van der Waals surface area (Å²) < 4.78 is 0. The number of nitrogens with one attached hydrogen (secondary N) is 3. The van der Waals surface area contributed by atoms with Crippen LogP contribution in [0.4, 0.5) is 4.79 Å². The molecule has 8 heteroatoms. The summed E-state index contributed by atoms with van der Waals surface area (Å²) >= 11 is 1.01. The van der Waals surface area contributed by atoms with Crippen molar-refractivity contribution >= 4 is 23.3 Å². The van der Waals surface area contributed by atoms with Gasteiger partial charge >= 0.3 is 16.9 Å². The first-order chi connectivity index (χ1) is 8.52. The van der Waals surface area contributed by atoms with Crippen LogP contribution in [0.25, 0.3) is 0 Å². The molecule has 1 rings (SSSR count). The number of hydrogen-bond acceptors (Lipinski definition) is 4. The summed E-state index contributed by atoms with van der Waals surface area (Å²) in [5.74, 6) is -1.06. The van der Waals surface area contributed by atoms with Gasteiger partial charge in [-0.3, -0.25) is 4.79 Å². The van der Waals surface area contributed by atoms with Crippen molar-refractivity contribution in [1.29, 1.82) is 0 Å². The van der Waals surface area contributed by atoms with Crippen LogP contribution in [-0.4, -0.2) is 28.1 Å². The molecule has 0 aliphatic heterocycles. The summed E-state index contributed by atoms with van der Waals surface area (Å²) in [6, 6.07) is -1.46. The van der Waals surface area contributed by atoms with Crippen LogP contribution in [0.2, 0.25) is 0 Å². The largest absolute Gasteiger partial charge is 0.480 e. The molecule has 1 aromatic rings. The topological polar surface area (TPSA) is 111 Å². The molecule has 2 amide bonds. The summed E-state index contributed by atoms with van der Waals surface area (Å²) in [7, 11) is 0. The second kappa shape index (κ2) is 6.80. The monoisotopic (exact) mass is 273 g/mol. The lowest BCUT2D eigenvalue weighted by Crippen LogP contribution is -2.45. The van der Waals surface area contributed by atoms with E-state index in [1.165, 1.54) is 0 Å². The lowest BCUT2D eigenvalue weighted by Gasteiger charge is -2.13. The number of carboxylic acids is 1.